The van der Waals surface area contributed by atoms with E-state index in [1.165, 1.54) is 64.2 Å². The van der Waals surface area contributed by atoms with Crippen LogP contribution in [-0.2, 0) is 0 Å². The van der Waals surface area contributed by atoms with E-state index in [0.29, 0.717) is 0 Å². The first kappa shape index (κ1) is 15.6. The quantitative estimate of drug-likeness (QED) is 0.318. The van der Waals surface area contributed by atoms with E-state index in [1.54, 1.807) is 0 Å². The summed E-state index contributed by atoms with van der Waals surface area (Å²) in [5.74, 6) is 6.07. The normalized spacial score (nSPS) is 9.88. The molecule has 0 aliphatic carbocycles. The molecule has 0 nitrogen and oxygen atoms in total. The predicted molar refractivity (Wildman–Crippen MR) is 74.2 cm³/mol. The highest BCUT2D eigenvalue weighted by Crippen LogP contribution is 2.11. The molecule has 0 aliphatic heterocycles. The summed E-state index contributed by atoms with van der Waals surface area (Å²) in [6.07, 6.45) is 16.1. The second-order valence-electron chi connectivity index (χ2n) is 4.57. The van der Waals surface area contributed by atoms with Crippen molar-refractivity contribution < 1.29 is 0 Å². The van der Waals surface area contributed by atoms with Gasteiger partial charge in [-0.05, 0) is 13.3 Å². The first-order valence-electron chi connectivity index (χ1n) is 7.10. The maximum Gasteiger partial charge on any atom is 0.00885 e. The molecule has 93 valence electrons. The zero-order chi connectivity index (χ0) is 11.9. The maximum absolute atomic E-state index is 3.87. The molecule has 0 bridgehead atoms. The van der Waals surface area contributed by atoms with Gasteiger partial charge in [0.15, 0.2) is 0 Å². The maximum atomic E-state index is 3.87. The van der Waals surface area contributed by atoms with Gasteiger partial charge in [0.2, 0.25) is 0 Å². The third-order valence-electron chi connectivity index (χ3n) is 2.98. The molecule has 0 rings (SSSR count). The Kier molecular flexibility index (Phi) is 14.2. The van der Waals surface area contributed by atoms with E-state index in [4.69, 9.17) is 0 Å². The third kappa shape index (κ3) is 13.6. The van der Waals surface area contributed by atoms with E-state index >= 15 is 0 Å². The van der Waals surface area contributed by atoms with Crippen molar-refractivity contribution in [3.63, 3.8) is 0 Å². The highest BCUT2D eigenvalue weighted by atomic mass is 14.0. The van der Waals surface area contributed by atoms with E-state index in [-0.39, 0.29) is 0 Å². The van der Waals surface area contributed by atoms with Crippen LogP contribution in [0.5, 0.6) is 0 Å². The predicted octanol–water partition coefficient (Wildman–Crippen LogP) is 5.52. The summed E-state index contributed by atoms with van der Waals surface area (Å²) in [6, 6.07) is 0. The molecule has 0 aromatic rings. The van der Waals surface area contributed by atoms with Crippen LogP contribution < -0.4 is 0 Å². The second kappa shape index (κ2) is 14.6. The summed E-state index contributed by atoms with van der Waals surface area (Å²) in [5.41, 5.74) is 0. The van der Waals surface area contributed by atoms with Crippen molar-refractivity contribution in [3.05, 3.63) is 6.92 Å². The first-order valence-corrected chi connectivity index (χ1v) is 7.10. The van der Waals surface area contributed by atoms with Crippen LogP contribution >= 0.6 is 0 Å². The largest absolute Gasteiger partial charge is 0.107 e. The molecule has 16 heavy (non-hydrogen) atoms. The molecule has 0 unspecified atom stereocenters. The van der Waals surface area contributed by atoms with E-state index in [0.717, 1.165) is 12.8 Å². The molecule has 0 fully saturated rings. The van der Waals surface area contributed by atoms with Crippen LogP contribution in [0.15, 0.2) is 0 Å². The lowest BCUT2D eigenvalue weighted by atomic mass is 10.1. The summed E-state index contributed by atoms with van der Waals surface area (Å²) in [7, 11) is 0. The Balaban J connectivity index is 2.89. The Labute approximate surface area is 103 Å². The second-order valence-corrected chi connectivity index (χ2v) is 4.57. The van der Waals surface area contributed by atoms with Crippen molar-refractivity contribution in [2.24, 2.45) is 0 Å². The molecule has 0 N–H and O–H groups in total. The molecule has 0 spiro atoms. The third-order valence-corrected chi connectivity index (χ3v) is 2.98. The lowest BCUT2D eigenvalue weighted by molar-refractivity contribution is 0.554. The molecular formula is C16H29. The molecule has 0 saturated carbocycles. The number of unbranched alkanes of at least 4 members (excludes halogenated alkanes) is 11. The molecule has 1 radical (unpaired) electrons. The van der Waals surface area contributed by atoms with E-state index in [1.807, 2.05) is 6.92 Å². The van der Waals surface area contributed by atoms with Gasteiger partial charge in [0.1, 0.15) is 0 Å². The van der Waals surface area contributed by atoms with Crippen molar-refractivity contribution in [2.45, 2.75) is 84.0 Å². The number of hydrogen-bond acceptors (Lipinski definition) is 0. The van der Waals surface area contributed by atoms with Gasteiger partial charge < -0.3 is 0 Å². The zero-order valence-corrected chi connectivity index (χ0v) is 11.2. The number of rotatable bonds is 11. The van der Waals surface area contributed by atoms with Crippen molar-refractivity contribution in [3.8, 4) is 11.8 Å². The average Bonchev–Trinajstić information content (AvgIpc) is 2.31. The minimum atomic E-state index is 1.10. The SMILES string of the molecule is [CH2]CCCCCCCCCCCCC#CC. The molecule has 0 saturated heterocycles. The first-order chi connectivity index (χ1) is 7.91. The fourth-order valence-corrected chi connectivity index (χ4v) is 1.93. The molecule has 0 aromatic carbocycles. The van der Waals surface area contributed by atoms with Gasteiger partial charge in [-0.3, -0.25) is 0 Å². The van der Waals surface area contributed by atoms with Crippen molar-refractivity contribution in [1.82, 2.24) is 0 Å². The van der Waals surface area contributed by atoms with E-state index < -0.39 is 0 Å². The Morgan fingerprint density at radius 3 is 1.56 bits per heavy atom. The monoisotopic (exact) mass is 221 g/mol. The number of hydrogen-bond donors (Lipinski definition) is 0. The van der Waals surface area contributed by atoms with Crippen LogP contribution in [0.3, 0.4) is 0 Å². The molecular weight excluding hydrogens is 192 g/mol. The summed E-state index contributed by atoms with van der Waals surface area (Å²) in [4.78, 5) is 0. The lowest BCUT2D eigenvalue weighted by Gasteiger charge is -2.01. The van der Waals surface area contributed by atoms with E-state index in [2.05, 4.69) is 18.8 Å². The van der Waals surface area contributed by atoms with Gasteiger partial charge in [-0.15, -0.1) is 11.8 Å². The van der Waals surface area contributed by atoms with Crippen LogP contribution in [0.25, 0.3) is 0 Å². The van der Waals surface area contributed by atoms with Gasteiger partial charge in [0.25, 0.3) is 0 Å². The highest BCUT2D eigenvalue weighted by Gasteiger charge is 1.92. The Bertz CT molecular complexity index is 170. The van der Waals surface area contributed by atoms with Gasteiger partial charge in [-0.2, -0.15) is 0 Å². The fraction of sp³-hybridized carbons (Fsp3) is 0.812. The minimum absolute atomic E-state index is 1.10. The zero-order valence-electron chi connectivity index (χ0n) is 11.2. The molecule has 0 heterocycles. The van der Waals surface area contributed by atoms with Crippen LogP contribution in [0.1, 0.15) is 84.0 Å². The van der Waals surface area contributed by atoms with Crippen molar-refractivity contribution in [1.29, 1.82) is 0 Å². The standard InChI is InChI=1S/C16H29/c1-3-5-7-9-11-13-15-16-14-12-10-8-6-4-2/h1,3,5,7-16H2,2H3. The molecule has 0 aliphatic rings. The van der Waals surface area contributed by atoms with Crippen LogP contribution in [0.2, 0.25) is 0 Å². The van der Waals surface area contributed by atoms with Crippen molar-refractivity contribution >= 4 is 0 Å². The molecule has 0 atom stereocenters. The summed E-state index contributed by atoms with van der Waals surface area (Å²) >= 11 is 0. The minimum Gasteiger partial charge on any atom is -0.107 e. The molecule has 0 amide bonds. The van der Waals surface area contributed by atoms with Crippen molar-refractivity contribution in [2.75, 3.05) is 0 Å². The van der Waals surface area contributed by atoms with Gasteiger partial charge in [-0.25, -0.2) is 0 Å². The van der Waals surface area contributed by atoms with Crippen LogP contribution in [0, 0.1) is 18.8 Å². The van der Waals surface area contributed by atoms with Crippen LogP contribution in [-0.4, -0.2) is 0 Å². The highest BCUT2D eigenvalue weighted by molar-refractivity contribution is 4.94. The van der Waals surface area contributed by atoms with Gasteiger partial charge in [-0.1, -0.05) is 71.1 Å². The Hall–Kier alpha value is -0.440. The summed E-state index contributed by atoms with van der Waals surface area (Å²) in [5, 5.41) is 0. The Morgan fingerprint density at radius 2 is 1.12 bits per heavy atom. The van der Waals surface area contributed by atoms with Gasteiger partial charge in [0, 0.05) is 6.42 Å². The van der Waals surface area contributed by atoms with Crippen LogP contribution in [0.4, 0.5) is 0 Å². The fourth-order valence-electron chi connectivity index (χ4n) is 1.93. The summed E-state index contributed by atoms with van der Waals surface area (Å²) < 4.78 is 0. The molecule has 0 aromatic heterocycles. The lowest BCUT2D eigenvalue weighted by Crippen LogP contribution is -1.82. The molecule has 0 heteroatoms. The smallest absolute Gasteiger partial charge is 0.00885 e. The van der Waals surface area contributed by atoms with Gasteiger partial charge in [0.05, 0.1) is 0 Å². The average molecular weight is 221 g/mol. The van der Waals surface area contributed by atoms with Gasteiger partial charge >= 0.3 is 0 Å². The topological polar surface area (TPSA) is 0 Å². The summed E-state index contributed by atoms with van der Waals surface area (Å²) in [6.45, 7) is 5.79. The van der Waals surface area contributed by atoms with E-state index in [9.17, 15) is 0 Å². The Morgan fingerprint density at radius 1 is 0.688 bits per heavy atom.